The van der Waals surface area contributed by atoms with Gasteiger partial charge in [-0.25, -0.2) is 0 Å². The maximum absolute atomic E-state index is 12.2. The van der Waals surface area contributed by atoms with E-state index in [4.69, 9.17) is 4.74 Å². The summed E-state index contributed by atoms with van der Waals surface area (Å²) in [4.78, 5) is 12.2. The summed E-state index contributed by atoms with van der Waals surface area (Å²) in [6, 6.07) is 10.4. The van der Waals surface area contributed by atoms with Gasteiger partial charge in [-0.1, -0.05) is 43.7 Å². The fourth-order valence-electron chi connectivity index (χ4n) is 3.24. The zero-order valence-electron chi connectivity index (χ0n) is 11.8. The number of carbonyl (C=O) groups excluding carboxylic acids is 1. The second-order valence-electron chi connectivity index (χ2n) is 5.21. The van der Waals surface area contributed by atoms with E-state index in [0.29, 0.717) is 13.2 Å². The lowest BCUT2D eigenvalue weighted by Gasteiger charge is -2.34. The van der Waals surface area contributed by atoms with Crippen LogP contribution in [0.1, 0.15) is 32.3 Å². The number of benzene rings is 1. The minimum atomic E-state index is -0.109. The monoisotopic (exact) mass is 261 g/mol. The number of esters is 1. The number of carbonyl (C=O) groups is 1. The van der Waals surface area contributed by atoms with Crippen LogP contribution in [0.4, 0.5) is 0 Å². The quantitative estimate of drug-likeness (QED) is 0.828. The van der Waals surface area contributed by atoms with E-state index >= 15 is 0 Å². The summed E-state index contributed by atoms with van der Waals surface area (Å²) < 4.78 is 5.27. The first-order valence-corrected chi connectivity index (χ1v) is 7.17. The van der Waals surface area contributed by atoms with E-state index < -0.39 is 0 Å². The molecule has 1 N–H and O–H groups in total. The third kappa shape index (κ3) is 2.66. The van der Waals surface area contributed by atoms with Gasteiger partial charge < -0.3 is 10.1 Å². The first-order chi connectivity index (χ1) is 9.24. The van der Waals surface area contributed by atoms with Crippen molar-refractivity contribution in [3.05, 3.63) is 35.9 Å². The molecule has 0 aliphatic carbocycles. The molecule has 0 amide bonds. The Morgan fingerprint density at radius 3 is 2.74 bits per heavy atom. The standard InChI is InChI=1S/C16H23NO2/c1-3-10-16(13-8-6-5-7-9-13)12-17-11-14(16)15(18)19-4-2/h5-9,14,17H,3-4,10-12H2,1-2H3. The van der Waals surface area contributed by atoms with Crippen LogP contribution < -0.4 is 5.32 Å². The molecule has 2 rings (SSSR count). The van der Waals surface area contributed by atoms with E-state index in [1.54, 1.807) is 0 Å². The van der Waals surface area contributed by atoms with Crippen LogP contribution in [0.3, 0.4) is 0 Å². The molecule has 0 radical (unpaired) electrons. The van der Waals surface area contributed by atoms with Crippen molar-refractivity contribution in [2.45, 2.75) is 32.1 Å². The first kappa shape index (κ1) is 14.1. The van der Waals surface area contributed by atoms with E-state index in [9.17, 15) is 4.79 Å². The molecule has 1 fully saturated rings. The van der Waals surface area contributed by atoms with Crippen molar-refractivity contribution in [3.63, 3.8) is 0 Å². The van der Waals surface area contributed by atoms with Crippen LogP contribution >= 0.6 is 0 Å². The molecule has 19 heavy (non-hydrogen) atoms. The highest BCUT2D eigenvalue weighted by Gasteiger charge is 2.47. The zero-order chi connectivity index (χ0) is 13.7. The lowest BCUT2D eigenvalue weighted by molar-refractivity contribution is -0.149. The van der Waals surface area contributed by atoms with Gasteiger partial charge in [0.15, 0.2) is 0 Å². The number of hydrogen-bond acceptors (Lipinski definition) is 3. The maximum atomic E-state index is 12.2. The van der Waals surface area contributed by atoms with Crippen molar-refractivity contribution < 1.29 is 9.53 Å². The summed E-state index contributed by atoms with van der Waals surface area (Å²) in [5.41, 5.74) is 1.14. The second kappa shape index (κ2) is 6.20. The Morgan fingerprint density at radius 1 is 1.37 bits per heavy atom. The number of nitrogens with one attached hydrogen (secondary N) is 1. The van der Waals surface area contributed by atoms with Gasteiger partial charge in [0.2, 0.25) is 0 Å². The molecule has 0 saturated carbocycles. The normalized spacial score (nSPS) is 26.3. The maximum Gasteiger partial charge on any atom is 0.311 e. The summed E-state index contributed by atoms with van der Waals surface area (Å²) >= 11 is 0. The molecular formula is C16H23NO2. The van der Waals surface area contributed by atoms with Gasteiger partial charge in [0.25, 0.3) is 0 Å². The van der Waals surface area contributed by atoms with E-state index in [0.717, 1.165) is 19.4 Å². The topological polar surface area (TPSA) is 38.3 Å². The molecule has 0 bridgehead atoms. The molecule has 1 aromatic carbocycles. The van der Waals surface area contributed by atoms with Crippen LogP contribution in [-0.4, -0.2) is 25.7 Å². The van der Waals surface area contributed by atoms with E-state index in [-0.39, 0.29) is 17.3 Å². The molecule has 104 valence electrons. The van der Waals surface area contributed by atoms with Crippen molar-refractivity contribution in [2.24, 2.45) is 5.92 Å². The van der Waals surface area contributed by atoms with Crippen LogP contribution in [0, 0.1) is 5.92 Å². The minimum absolute atomic E-state index is 0.0650. The second-order valence-corrected chi connectivity index (χ2v) is 5.21. The van der Waals surface area contributed by atoms with E-state index in [1.807, 2.05) is 25.1 Å². The molecule has 0 spiro atoms. The van der Waals surface area contributed by atoms with Gasteiger partial charge in [-0.2, -0.15) is 0 Å². The van der Waals surface area contributed by atoms with Crippen LogP contribution in [0.25, 0.3) is 0 Å². The van der Waals surface area contributed by atoms with Gasteiger partial charge >= 0.3 is 5.97 Å². The van der Waals surface area contributed by atoms with Crippen LogP contribution in [0.15, 0.2) is 30.3 Å². The number of hydrogen-bond donors (Lipinski definition) is 1. The van der Waals surface area contributed by atoms with E-state index in [2.05, 4.69) is 24.4 Å². The highest BCUT2D eigenvalue weighted by atomic mass is 16.5. The smallest absolute Gasteiger partial charge is 0.311 e. The molecule has 2 unspecified atom stereocenters. The van der Waals surface area contributed by atoms with Crippen molar-refractivity contribution in [3.8, 4) is 0 Å². The molecule has 1 heterocycles. The molecule has 3 nitrogen and oxygen atoms in total. The van der Waals surface area contributed by atoms with Crippen LogP contribution in [-0.2, 0) is 14.9 Å². The molecule has 3 heteroatoms. The predicted molar refractivity (Wildman–Crippen MR) is 76.0 cm³/mol. The van der Waals surface area contributed by atoms with Gasteiger partial charge in [-0.3, -0.25) is 4.79 Å². The number of rotatable bonds is 5. The zero-order valence-corrected chi connectivity index (χ0v) is 11.8. The van der Waals surface area contributed by atoms with Crippen molar-refractivity contribution in [2.75, 3.05) is 19.7 Å². The number of ether oxygens (including phenoxy) is 1. The molecule has 1 saturated heterocycles. The molecule has 2 atom stereocenters. The average Bonchev–Trinajstić information content (AvgIpc) is 2.85. The summed E-state index contributed by atoms with van der Waals surface area (Å²) in [7, 11) is 0. The Labute approximate surface area is 115 Å². The first-order valence-electron chi connectivity index (χ1n) is 7.17. The highest BCUT2D eigenvalue weighted by Crippen LogP contribution is 2.40. The Bertz CT molecular complexity index is 418. The summed E-state index contributed by atoms with van der Waals surface area (Å²) in [6.45, 7) is 6.06. The Hall–Kier alpha value is -1.35. The summed E-state index contributed by atoms with van der Waals surface area (Å²) in [5.74, 6) is -0.139. The molecule has 1 aromatic rings. The van der Waals surface area contributed by atoms with Gasteiger partial charge in [-0.05, 0) is 18.9 Å². The largest absolute Gasteiger partial charge is 0.466 e. The fraction of sp³-hybridized carbons (Fsp3) is 0.562. The Balaban J connectivity index is 2.35. The lowest BCUT2D eigenvalue weighted by atomic mass is 9.69. The molecule has 0 aromatic heterocycles. The van der Waals surface area contributed by atoms with Gasteiger partial charge in [0.05, 0.1) is 12.5 Å². The minimum Gasteiger partial charge on any atom is -0.466 e. The van der Waals surface area contributed by atoms with Gasteiger partial charge in [0.1, 0.15) is 0 Å². The molecule has 1 aliphatic heterocycles. The SMILES string of the molecule is CCCC1(c2ccccc2)CNCC1C(=O)OCC. The van der Waals surface area contributed by atoms with Crippen molar-refractivity contribution in [1.82, 2.24) is 5.32 Å². The Kier molecular flexibility index (Phi) is 4.59. The Morgan fingerprint density at radius 2 is 2.11 bits per heavy atom. The summed E-state index contributed by atoms with van der Waals surface area (Å²) in [5, 5.41) is 3.39. The van der Waals surface area contributed by atoms with Crippen molar-refractivity contribution >= 4 is 5.97 Å². The predicted octanol–water partition coefficient (Wildman–Crippen LogP) is 2.51. The molecular weight excluding hydrogens is 238 g/mol. The average molecular weight is 261 g/mol. The highest BCUT2D eigenvalue weighted by molar-refractivity contribution is 5.75. The van der Waals surface area contributed by atoms with E-state index in [1.165, 1.54) is 5.56 Å². The lowest BCUT2D eigenvalue weighted by Crippen LogP contribution is -2.40. The third-order valence-corrected chi connectivity index (χ3v) is 4.07. The van der Waals surface area contributed by atoms with Crippen molar-refractivity contribution in [1.29, 1.82) is 0 Å². The van der Waals surface area contributed by atoms with Crippen LogP contribution in [0.5, 0.6) is 0 Å². The fourth-order valence-corrected chi connectivity index (χ4v) is 3.24. The summed E-state index contributed by atoms with van der Waals surface area (Å²) in [6.07, 6.45) is 2.07. The van der Waals surface area contributed by atoms with Crippen LogP contribution in [0.2, 0.25) is 0 Å². The molecule has 1 aliphatic rings. The van der Waals surface area contributed by atoms with Gasteiger partial charge in [-0.15, -0.1) is 0 Å². The van der Waals surface area contributed by atoms with Gasteiger partial charge in [0, 0.05) is 18.5 Å². The third-order valence-electron chi connectivity index (χ3n) is 4.07.